The Morgan fingerprint density at radius 2 is 1.70 bits per heavy atom. The molecule has 1 aromatic heterocycles. The SMILES string of the molecule is CCNCCNC(=O)c1c(O)c2ccccc2c2nc3cc(OC)c(C(=O)OC)cc3nc12. The van der Waals surface area contributed by atoms with Gasteiger partial charge < -0.3 is 25.2 Å². The van der Waals surface area contributed by atoms with Crippen molar-refractivity contribution in [1.29, 1.82) is 0 Å². The summed E-state index contributed by atoms with van der Waals surface area (Å²) in [7, 11) is 2.73. The molecule has 0 bridgehead atoms. The molecule has 0 aliphatic heterocycles. The van der Waals surface area contributed by atoms with Crippen LogP contribution in [0.2, 0.25) is 0 Å². The van der Waals surface area contributed by atoms with Gasteiger partial charge in [-0.05, 0) is 12.6 Å². The second kappa shape index (κ2) is 9.25. The minimum absolute atomic E-state index is 0.0324. The summed E-state index contributed by atoms with van der Waals surface area (Å²) in [6, 6.07) is 10.2. The standard InChI is InChI=1S/C24H24N4O5/c1-4-25-9-10-26-23(30)19-21-20(13-7-5-6-8-14(13)22(19)29)27-17-12-18(32-2)15(24(31)33-3)11-16(17)28-21/h5-8,11-12,25,29H,4,9-10H2,1-3H3,(H,26,30). The van der Waals surface area contributed by atoms with E-state index in [4.69, 9.17) is 14.5 Å². The number of esters is 1. The molecule has 0 saturated heterocycles. The molecule has 3 aromatic carbocycles. The van der Waals surface area contributed by atoms with Gasteiger partial charge in [0.1, 0.15) is 28.1 Å². The van der Waals surface area contributed by atoms with E-state index in [9.17, 15) is 14.7 Å². The van der Waals surface area contributed by atoms with E-state index in [1.807, 2.05) is 19.1 Å². The summed E-state index contributed by atoms with van der Waals surface area (Å²) in [5, 5.41) is 18.1. The number of ether oxygens (including phenoxy) is 2. The summed E-state index contributed by atoms with van der Waals surface area (Å²) in [5.41, 5.74) is 1.75. The zero-order valence-corrected chi connectivity index (χ0v) is 18.6. The van der Waals surface area contributed by atoms with Gasteiger partial charge >= 0.3 is 5.97 Å². The van der Waals surface area contributed by atoms with Crippen LogP contribution < -0.4 is 15.4 Å². The zero-order chi connectivity index (χ0) is 23.5. The number of carbonyl (C=O) groups is 2. The molecule has 0 aliphatic rings. The smallest absolute Gasteiger partial charge is 0.341 e. The van der Waals surface area contributed by atoms with Gasteiger partial charge in [0.05, 0.1) is 30.8 Å². The fourth-order valence-electron chi connectivity index (χ4n) is 3.77. The van der Waals surface area contributed by atoms with Crippen LogP contribution in [-0.2, 0) is 4.74 Å². The van der Waals surface area contributed by atoms with Crippen LogP contribution in [0.3, 0.4) is 0 Å². The minimum atomic E-state index is -0.585. The number of fused-ring (bicyclic) bond motifs is 4. The molecule has 4 aromatic rings. The predicted molar refractivity (Wildman–Crippen MR) is 125 cm³/mol. The number of nitrogens with zero attached hydrogens (tertiary/aromatic N) is 2. The van der Waals surface area contributed by atoms with Gasteiger partial charge in [-0.3, -0.25) is 4.79 Å². The maximum absolute atomic E-state index is 13.1. The molecule has 1 heterocycles. The number of nitrogens with one attached hydrogen (secondary N) is 2. The normalized spacial score (nSPS) is 11.1. The molecule has 9 nitrogen and oxygen atoms in total. The number of phenols is 1. The van der Waals surface area contributed by atoms with Gasteiger partial charge in [-0.1, -0.05) is 31.2 Å². The van der Waals surface area contributed by atoms with Crippen LogP contribution in [-0.4, -0.2) is 60.8 Å². The van der Waals surface area contributed by atoms with Crippen molar-refractivity contribution in [2.75, 3.05) is 33.9 Å². The monoisotopic (exact) mass is 448 g/mol. The van der Waals surface area contributed by atoms with E-state index >= 15 is 0 Å². The molecule has 0 aliphatic carbocycles. The lowest BCUT2D eigenvalue weighted by Crippen LogP contribution is -2.32. The Hall–Kier alpha value is -3.98. The zero-order valence-electron chi connectivity index (χ0n) is 18.6. The van der Waals surface area contributed by atoms with Gasteiger partial charge in [-0.15, -0.1) is 0 Å². The number of aromatic nitrogens is 2. The Morgan fingerprint density at radius 3 is 2.39 bits per heavy atom. The van der Waals surface area contributed by atoms with Crippen LogP contribution in [0.4, 0.5) is 0 Å². The van der Waals surface area contributed by atoms with E-state index < -0.39 is 11.9 Å². The predicted octanol–water partition coefficient (Wildman–Crippen LogP) is 2.78. The molecule has 9 heteroatoms. The van der Waals surface area contributed by atoms with Crippen molar-refractivity contribution in [3.63, 3.8) is 0 Å². The number of aromatic hydroxyl groups is 1. The maximum atomic E-state index is 13.1. The summed E-state index contributed by atoms with van der Waals surface area (Å²) in [6.45, 7) is 3.72. The third-order valence-corrected chi connectivity index (χ3v) is 5.37. The third-order valence-electron chi connectivity index (χ3n) is 5.37. The summed E-state index contributed by atoms with van der Waals surface area (Å²) in [5.74, 6) is -0.920. The van der Waals surface area contributed by atoms with E-state index in [2.05, 4.69) is 15.6 Å². The van der Waals surface area contributed by atoms with Crippen molar-refractivity contribution in [3.8, 4) is 11.5 Å². The highest BCUT2D eigenvalue weighted by atomic mass is 16.5. The first kappa shape index (κ1) is 22.2. The quantitative estimate of drug-likeness (QED) is 0.171. The van der Waals surface area contributed by atoms with E-state index in [1.165, 1.54) is 20.3 Å². The van der Waals surface area contributed by atoms with E-state index in [0.717, 1.165) is 6.54 Å². The van der Waals surface area contributed by atoms with Crippen LogP contribution >= 0.6 is 0 Å². The van der Waals surface area contributed by atoms with E-state index in [-0.39, 0.29) is 22.4 Å². The Morgan fingerprint density at radius 1 is 1.00 bits per heavy atom. The number of methoxy groups -OCH3 is 2. The number of hydrogen-bond acceptors (Lipinski definition) is 8. The Labute approximate surface area is 189 Å². The molecule has 0 unspecified atom stereocenters. The van der Waals surface area contributed by atoms with Crippen LogP contribution in [0, 0.1) is 0 Å². The molecular formula is C24H24N4O5. The number of benzene rings is 3. The molecule has 0 fully saturated rings. The Kier molecular flexibility index (Phi) is 6.23. The molecule has 170 valence electrons. The Bertz CT molecular complexity index is 1390. The van der Waals surface area contributed by atoms with Crippen molar-refractivity contribution < 1.29 is 24.2 Å². The lowest BCUT2D eigenvalue weighted by atomic mass is 10.0. The van der Waals surface area contributed by atoms with Gasteiger partial charge in [0.15, 0.2) is 0 Å². The molecule has 3 N–H and O–H groups in total. The van der Waals surface area contributed by atoms with Gasteiger partial charge in [0.25, 0.3) is 5.91 Å². The van der Waals surface area contributed by atoms with Crippen molar-refractivity contribution in [3.05, 3.63) is 47.5 Å². The van der Waals surface area contributed by atoms with Crippen LogP contribution in [0.15, 0.2) is 36.4 Å². The van der Waals surface area contributed by atoms with Gasteiger partial charge in [-0.25, -0.2) is 14.8 Å². The molecule has 0 saturated carbocycles. The highest BCUT2D eigenvalue weighted by molar-refractivity contribution is 6.19. The number of phenolic OH excluding ortho intramolecular Hbond substituents is 1. The molecule has 0 spiro atoms. The maximum Gasteiger partial charge on any atom is 0.341 e. The van der Waals surface area contributed by atoms with E-state index in [0.29, 0.717) is 46.2 Å². The molecule has 1 amide bonds. The van der Waals surface area contributed by atoms with Crippen LogP contribution in [0.1, 0.15) is 27.6 Å². The number of rotatable bonds is 7. The molecule has 33 heavy (non-hydrogen) atoms. The second-order valence-corrected chi connectivity index (χ2v) is 7.33. The average Bonchev–Trinajstić information content (AvgIpc) is 2.84. The van der Waals surface area contributed by atoms with Gasteiger partial charge in [0.2, 0.25) is 0 Å². The summed E-state index contributed by atoms with van der Waals surface area (Å²) >= 11 is 0. The average molecular weight is 448 g/mol. The van der Waals surface area contributed by atoms with E-state index in [1.54, 1.807) is 18.2 Å². The topological polar surface area (TPSA) is 123 Å². The number of likely N-dealkylation sites (N-methyl/N-ethyl adjacent to an activating group) is 1. The van der Waals surface area contributed by atoms with Crippen molar-refractivity contribution in [2.24, 2.45) is 0 Å². The van der Waals surface area contributed by atoms with Gasteiger partial charge in [0, 0.05) is 29.9 Å². The second-order valence-electron chi connectivity index (χ2n) is 7.33. The molecule has 4 rings (SSSR count). The number of hydrogen-bond donors (Lipinski definition) is 3. The number of amides is 1. The van der Waals surface area contributed by atoms with Crippen molar-refractivity contribution in [2.45, 2.75) is 6.92 Å². The summed E-state index contributed by atoms with van der Waals surface area (Å²) in [6.07, 6.45) is 0. The highest BCUT2D eigenvalue weighted by Gasteiger charge is 2.23. The summed E-state index contributed by atoms with van der Waals surface area (Å²) in [4.78, 5) is 34.7. The highest BCUT2D eigenvalue weighted by Crippen LogP contribution is 2.37. The fraction of sp³-hybridized carbons (Fsp3) is 0.250. The van der Waals surface area contributed by atoms with Crippen LogP contribution in [0.5, 0.6) is 11.5 Å². The van der Waals surface area contributed by atoms with Crippen molar-refractivity contribution >= 4 is 44.7 Å². The third kappa shape index (κ3) is 3.98. The molecule has 0 atom stereocenters. The fourth-order valence-corrected chi connectivity index (χ4v) is 3.77. The van der Waals surface area contributed by atoms with Crippen molar-refractivity contribution in [1.82, 2.24) is 20.6 Å². The largest absolute Gasteiger partial charge is 0.506 e. The first-order valence-electron chi connectivity index (χ1n) is 10.5. The van der Waals surface area contributed by atoms with Gasteiger partial charge in [-0.2, -0.15) is 0 Å². The minimum Gasteiger partial charge on any atom is -0.506 e. The summed E-state index contributed by atoms with van der Waals surface area (Å²) < 4.78 is 10.2. The lowest BCUT2D eigenvalue weighted by molar-refractivity contribution is 0.0597. The first-order chi connectivity index (χ1) is 16.0. The molecule has 0 radical (unpaired) electrons. The molecular weight excluding hydrogens is 424 g/mol. The van der Waals surface area contributed by atoms with Crippen LogP contribution in [0.25, 0.3) is 32.8 Å². The first-order valence-corrected chi connectivity index (χ1v) is 10.5. The number of carbonyl (C=O) groups excluding carboxylic acids is 2. The Balaban J connectivity index is 2.00. The lowest BCUT2D eigenvalue weighted by Gasteiger charge is -2.14.